The molecule has 1 saturated heterocycles. The standard InChI is InChI=1S/C23H26N4OS/c1-17(2)20(22(28)26-15-9-10-16-26)29-23-25-24-21(18-11-5-3-6-12-18)27(23)19-13-7-4-8-14-19/h3-8,11-14,17,20H,9-10,15-16H2,1-2H3. The molecule has 3 aromatic rings. The number of likely N-dealkylation sites (tertiary alicyclic amines) is 1. The van der Waals surface area contributed by atoms with Gasteiger partial charge in [-0.05, 0) is 30.9 Å². The zero-order chi connectivity index (χ0) is 20.2. The van der Waals surface area contributed by atoms with E-state index in [2.05, 4.69) is 28.6 Å². The molecule has 150 valence electrons. The Labute approximate surface area is 176 Å². The number of hydrogen-bond donors (Lipinski definition) is 0. The highest BCUT2D eigenvalue weighted by Gasteiger charge is 2.32. The van der Waals surface area contributed by atoms with Crippen LogP contribution in [0.25, 0.3) is 17.1 Å². The van der Waals surface area contributed by atoms with Crippen molar-refractivity contribution in [1.82, 2.24) is 19.7 Å². The largest absolute Gasteiger partial charge is 0.342 e. The zero-order valence-corrected chi connectivity index (χ0v) is 17.7. The van der Waals surface area contributed by atoms with Gasteiger partial charge in [0.15, 0.2) is 11.0 Å². The monoisotopic (exact) mass is 406 g/mol. The molecule has 6 heteroatoms. The molecule has 0 radical (unpaired) electrons. The van der Waals surface area contributed by atoms with Crippen molar-refractivity contribution in [2.24, 2.45) is 5.92 Å². The number of nitrogens with zero attached hydrogens (tertiary/aromatic N) is 4. The van der Waals surface area contributed by atoms with Crippen molar-refractivity contribution in [3.8, 4) is 17.1 Å². The summed E-state index contributed by atoms with van der Waals surface area (Å²) in [5, 5.41) is 9.58. The molecule has 0 saturated carbocycles. The van der Waals surface area contributed by atoms with Gasteiger partial charge in [-0.25, -0.2) is 0 Å². The van der Waals surface area contributed by atoms with Crippen LogP contribution in [0.5, 0.6) is 0 Å². The third kappa shape index (κ3) is 4.22. The summed E-state index contributed by atoms with van der Waals surface area (Å²) in [5.74, 6) is 1.20. The Morgan fingerprint density at radius 3 is 2.17 bits per heavy atom. The van der Waals surface area contributed by atoms with E-state index in [-0.39, 0.29) is 17.1 Å². The molecule has 1 fully saturated rings. The lowest BCUT2D eigenvalue weighted by Gasteiger charge is -2.25. The van der Waals surface area contributed by atoms with Gasteiger partial charge in [-0.1, -0.05) is 74.1 Å². The van der Waals surface area contributed by atoms with Crippen molar-refractivity contribution in [3.63, 3.8) is 0 Å². The van der Waals surface area contributed by atoms with E-state index in [4.69, 9.17) is 0 Å². The van der Waals surface area contributed by atoms with Crippen LogP contribution in [0.1, 0.15) is 26.7 Å². The molecule has 4 rings (SSSR count). The Kier molecular flexibility index (Phi) is 6.00. The minimum absolute atomic E-state index is 0.177. The van der Waals surface area contributed by atoms with Crippen molar-refractivity contribution >= 4 is 17.7 Å². The fourth-order valence-corrected chi connectivity index (χ4v) is 4.77. The first-order valence-corrected chi connectivity index (χ1v) is 11.0. The zero-order valence-electron chi connectivity index (χ0n) is 16.9. The minimum Gasteiger partial charge on any atom is -0.342 e. The van der Waals surface area contributed by atoms with Crippen LogP contribution in [0.4, 0.5) is 0 Å². The van der Waals surface area contributed by atoms with Gasteiger partial charge in [0.05, 0.1) is 5.25 Å². The van der Waals surface area contributed by atoms with Crippen LogP contribution in [0.2, 0.25) is 0 Å². The molecule has 0 spiro atoms. The van der Waals surface area contributed by atoms with E-state index in [1.54, 1.807) is 0 Å². The van der Waals surface area contributed by atoms with Gasteiger partial charge in [-0.15, -0.1) is 10.2 Å². The van der Waals surface area contributed by atoms with Crippen LogP contribution in [0.3, 0.4) is 0 Å². The molecule has 0 aliphatic carbocycles. The molecule has 1 aromatic heterocycles. The minimum atomic E-state index is -0.177. The third-order valence-electron chi connectivity index (χ3n) is 5.18. The highest BCUT2D eigenvalue weighted by molar-refractivity contribution is 8.00. The summed E-state index contributed by atoms with van der Waals surface area (Å²) in [5.41, 5.74) is 2.00. The second-order valence-corrected chi connectivity index (χ2v) is 8.77. The number of carbonyl (C=O) groups excluding carboxylic acids is 1. The predicted octanol–water partition coefficient (Wildman–Crippen LogP) is 4.67. The number of benzene rings is 2. The normalized spacial score (nSPS) is 15.1. The van der Waals surface area contributed by atoms with Gasteiger partial charge in [-0.3, -0.25) is 9.36 Å². The number of carbonyl (C=O) groups is 1. The van der Waals surface area contributed by atoms with Crippen molar-refractivity contribution in [2.45, 2.75) is 37.1 Å². The first-order valence-electron chi connectivity index (χ1n) is 10.2. The van der Waals surface area contributed by atoms with E-state index in [9.17, 15) is 4.79 Å². The second-order valence-electron chi connectivity index (χ2n) is 7.66. The topological polar surface area (TPSA) is 51.0 Å². The summed E-state index contributed by atoms with van der Waals surface area (Å²) in [7, 11) is 0. The fourth-order valence-electron chi connectivity index (χ4n) is 3.63. The van der Waals surface area contributed by atoms with Gasteiger partial charge in [0, 0.05) is 24.3 Å². The molecule has 1 atom stereocenters. The molecule has 29 heavy (non-hydrogen) atoms. The highest BCUT2D eigenvalue weighted by Crippen LogP contribution is 2.33. The van der Waals surface area contributed by atoms with E-state index in [0.29, 0.717) is 0 Å². The van der Waals surface area contributed by atoms with Crippen molar-refractivity contribution < 1.29 is 4.79 Å². The Bertz CT molecular complexity index is 950. The quantitative estimate of drug-likeness (QED) is 0.558. The molecule has 1 amide bonds. The molecule has 0 N–H and O–H groups in total. The Balaban J connectivity index is 1.73. The summed E-state index contributed by atoms with van der Waals surface area (Å²) in [6.45, 7) is 5.94. The van der Waals surface area contributed by atoms with Gasteiger partial charge in [0.2, 0.25) is 5.91 Å². The Hall–Kier alpha value is -2.60. The van der Waals surface area contributed by atoms with Crippen LogP contribution in [-0.2, 0) is 4.79 Å². The highest BCUT2D eigenvalue weighted by atomic mass is 32.2. The smallest absolute Gasteiger partial charge is 0.236 e. The Morgan fingerprint density at radius 1 is 0.931 bits per heavy atom. The number of hydrogen-bond acceptors (Lipinski definition) is 4. The van der Waals surface area contributed by atoms with Gasteiger partial charge in [-0.2, -0.15) is 0 Å². The number of amides is 1. The molecule has 1 aliphatic heterocycles. The molecular weight excluding hydrogens is 380 g/mol. The first kappa shape index (κ1) is 19.7. The summed E-state index contributed by atoms with van der Waals surface area (Å²) in [6, 6.07) is 20.2. The number of aromatic nitrogens is 3. The van der Waals surface area contributed by atoms with Crippen molar-refractivity contribution in [3.05, 3.63) is 60.7 Å². The fraction of sp³-hybridized carbons (Fsp3) is 0.348. The van der Waals surface area contributed by atoms with E-state index >= 15 is 0 Å². The molecule has 5 nitrogen and oxygen atoms in total. The van der Waals surface area contributed by atoms with Crippen LogP contribution in [0, 0.1) is 5.92 Å². The maximum absolute atomic E-state index is 13.2. The number of rotatable bonds is 6. The summed E-state index contributed by atoms with van der Waals surface area (Å²) >= 11 is 1.53. The van der Waals surface area contributed by atoms with Gasteiger partial charge in [0.1, 0.15) is 0 Å². The third-order valence-corrected chi connectivity index (χ3v) is 6.65. The molecule has 0 bridgehead atoms. The lowest BCUT2D eigenvalue weighted by molar-refractivity contribution is -0.130. The van der Waals surface area contributed by atoms with Gasteiger partial charge >= 0.3 is 0 Å². The van der Waals surface area contributed by atoms with Gasteiger partial charge in [0.25, 0.3) is 0 Å². The average molecular weight is 407 g/mol. The molecule has 1 unspecified atom stereocenters. The lowest BCUT2D eigenvalue weighted by Crippen LogP contribution is -2.38. The number of para-hydroxylation sites is 1. The van der Waals surface area contributed by atoms with Crippen LogP contribution in [0.15, 0.2) is 65.8 Å². The van der Waals surface area contributed by atoms with E-state index in [0.717, 1.165) is 48.2 Å². The average Bonchev–Trinajstić information content (AvgIpc) is 3.43. The molecular formula is C23H26N4OS. The molecule has 1 aliphatic rings. The van der Waals surface area contributed by atoms with Crippen LogP contribution >= 0.6 is 11.8 Å². The second kappa shape index (κ2) is 8.82. The number of thioether (sulfide) groups is 1. The Morgan fingerprint density at radius 2 is 1.55 bits per heavy atom. The summed E-state index contributed by atoms with van der Waals surface area (Å²) < 4.78 is 2.06. The first-order chi connectivity index (χ1) is 14.1. The summed E-state index contributed by atoms with van der Waals surface area (Å²) in [6.07, 6.45) is 2.19. The SMILES string of the molecule is CC(C)C(Sc1nnc(-c2ccccc2)n1-c1ccccc1)C(=O)N1CCCC1. The van der Waals surface area contributed by atoms with E-state index in [1.807, 2.05) is 65.6 Å². The van der Waals surface area contributed by atoms with Gasteiger partial charge < -0.3 is 4.90 Å². The predicted molar refractivity (Wildman–Crippen MR) is 117 cm³/mol. The van der Waals surface area contributed by atoms with E-state index < -0.39 is 0 Å². The lowest BCUT2D eigenvalue weighted by atomic mass is 10.1. The molecule has 2 heterocycles. The van der Waals surface area contributed by atoms with Crippen molar-refractivity contribution in [1.29, 1.82) is 0 Å². The maximum atomic E-state index is 13.2. The van der Waals surface area contributed by atoms with Crippen LogP contribution in [-0.4, -0.2) is 43.9 Å². The van der Waals surface area contributed by atoms with E-state index in [1.165, 1.54) is 11.8 Å². The molecule has 2 aromatic carbocycles. The summed E-state index contributed by atoms with van der Waals surface area (Å²) in [4.78, 5) is 15.2. The maximum Gasteiger partial charge on any atom is 0.236 e. The van der Waals surface area contributed by atoms with Crippen molar-refractivity contribution in [2.75, 3.05) is 13.1 Å². The van der Waals surface area contributed by atoms with Crippen LogP contribution < -0.4 is 0 Å².